The van der Waals surface area contributed by atoms with Gasteiger partial charge in [0.2, 0.25) is 11.8 Å². The Morgan fingerprint density at radius 2 is 1.96 bits per heavy atom. The first-order valence-electron chi connectivity index (χ1n) is 9.51. The maximum atomic E-state index is 13.3. The molecule has 0 aromatic heterocycles. The van der Waals surface area contributed by atoms with E-state index in [1.54, 1.807) is 36.3 Å². The second kappa shape index (κ2) is 6.86. The molecule has 6 heteroatoms. The van der Waals surface area contributed by atoms with Crippen LogP contribution >= 0.6 is 0 Å². The molecule has 1 saturated heterocycles. The van der Waals surface area contributed by atoms with Crippen LogP contribution in [0.15, 0.2) is 48.5 Å². The standard InChI is InChI=1S/C22H24N2O4/c1-4-24-21(26)19(20(25)23-14-9-11-15(27-3)12-10-14)17-13-22(24,2)28-18-8-6-5-7-16(17)18/h5-12,17,19H,4,13H2,1-3H3,(H,23,25)/t17-,19+,22+/m0/s1. The predicted octanol–water partition coefficient (Wildman–Crippen LogP) is 3.39. The molecule has 2 aliphatic heterocycles. The molecule has 0 saturated carbocycles. The Bertz CT molecular complexity index is 911. The first kappa shape index (κ1) is 18.3. The molecule has 3 atom stereocenters. The van der Waals surface area contributed by atoms with Gasteiger partial charge in [-0.25, -0.2) is 0 Å². The summed E-state index contributed by atoms with van der Waals surface area (Å²) >= 11 is 0. The lowest BCUT2D eigenvalue weighted by Gasteiger charge is -2.52. The van der Waals surface area contributed by atoms with Crippen molar-refractivity contribution in [1.82, 2.24) is 4.90 Å². The number of ether oxygens (including phenoxy) is 2. The van der Waals surface area contributed by atoms with E-state index in [4.69, 9.17) is 9.47 Å². The number of rotatable bonds is 4. The molecule has 4 rings (SSSR count). The molecular formula is C22H24N2O4. The van der Waals surface area contributed by atoms with Crippen molar-refractivity contribution in [1.29, 1.82) is 0 Å². The molecule has 0 unspecified atom stereocenters. The van der Waals surface area contributed by atoms with Crippen LogP contribution < -0.4 is 14.8 Å². The Kier molecular flexibility index (Phi) is 4.49. The summed E-state index contributed by atoms with van der Waals surface area (Å²) in [6.45, 7) is 4.32. The van der Waals surface area contributed by atoms with Crippen molar-refractivity contribution in [3.63, 3.8) is 0 Å². The first-order valence-corrected chi connectivity index (χ1v) is 9.51. The van der Waals surface area contributed by atoms with Gasteiger partial charge >= 0.3 is 0 Å². The lowest BCUT2D eigenvalue weighted by molar-refractivity contribution is -0.174. The van der Waals surface area contributed by atoms with Crippen LogP contribution in [0.2, 0.25) is 0 Å². The van der Waals surface area contributed by atoms with Gasteiger partial charge in [0.15, 0.2) is 5.72 Å². The smallest absolute Gasteiger partial charge is 0.238 e. The largest absolute Gasteiger partial charge is 0.497 e. The highest BCUT2D eigenvalue weighted by atomic mass is 16.5. The summed E-state index contributed by atoms with van der Waals surface area (Å²) in [7, 11) is 1.59. The highest BCUT2D eigenvalue weighted by Crippen LogP contribution is 2.50. The number of likely N-dealkylation sites (tertiary alicyclic amines) is 1. The molecule has 0 spiro atoms. The number of carbonyl (C=O) groups is 2. The highest BCUT2D eigenvalue weighted by molar-refractivity contribution is 6.08. The molecule has 2 aromatic rings. The Balaban J connectivity index is 1.68. The van der Waals surface area contributed by atoms with Gasteiger partial charge in [0.1, 0.15) is 17.4 Å². The molecule has 2 aliphatic rings. The molecular weight excluding hydrogens is 356 g/mol. The maximum absolute atomic E-state index is 13.3. The zero-order chi connectivity index (χ0) is 19.9. The minimum Gasteiger partial charge on any atom is -0.497 e. The molecule has 2 heterocycles. The van der Waals surface area contributed by atoms with E-state index in [0.29, 0.717) is 24.4 Å². The summed E-state index contributed by atoms with van der Waals surface area (Å²) in [6.07, 6.45) is 0.588. The number of anilines is 1. The minimum atomic E-state index is -0.792. The van der Waals surface area contributed by atoms with Crippen molar-refractivity contribution in [3.8, 4) is 11.5 Å². The van der Waals surface area contributed by atoms with Crippen molar-refractivity contribution < 1.29 is 19.1 Å². The summed E-state index contributed by atoms with van der Waals surface area (Å²) < 4.78 is 11.3. The number of methoxy groups -OCH3 is 1. The number of piperidine rings is 1. The van der Waals surface area contributed by atoms with Crippen LogP contribution in [-0.4, -0.2) is 36.1 Å². The molecule has 2 aromatic carbocycles. The Labute approximate surface area is 164 Å². The fraction of sp³-hybridized carbons (Fsp3) is 0.364. The van der Waals surface area contributed by atoms with Gasteiger partial charge in [-0.05, 0) is 49.7 Å². The number of nitrogens with zero attached hydrogens (tertiary/aromatic N) is 1. The average molecular weight is 380 g/mol. The van der Waals surface area contributed by atoms with E-state index >= 15 is 0 Å². The van der Waals surface area contributed by atoms with Gasteiger partial charge in [0.05, 0.1) is 7.11 Å². The fourth-order valence-electron chi connectivity index (χ4n) is 4.39. The second-order valence-electron chi connectivity index (χ2n) is 7.40. The van der Waals surface area contributed by atoms with E-state index in [1.165, 1.54) is 0 Å². The number of hydrogen-bond acceptors (Lipinski definition) is 4. The molecule has 2 amide bonds. The highest BCUT2D eigenvalue weighted by Gasteiger charge is 2.55. The Hall–Kier alpha value is -3.02. The number of fused-ring (bicyclic) bond motifs is 4. The second-order valence-corrected chi connectivity index (χ2v) is 7.40. The van der Waals surface area contributed by atoms with E-state index in [-0.39, 0.29) is 17.7 Å². The molecule has 0 aliphatic carbocycles. The van der Waals surface area contributed by atoms with Crippen molar-refractivity contribution in [2.24, 2.45) is 5.92 Å². The molecule has 28 heavy (non-hydrogen) atoms. The third-order valence-electron chi connectivity index (χ3n) is 5.71. The normalized spacial score (nSPS) is 25.5. The van der Waals surface area contributed by atoms with E-state index in [1.807, 2.05) is 38.1 Å². The van der Waals surface area contributed by atoms with Crippen LogP contribution in [0.5, 0.6) is 11.5 Å². The van der Waals surface area contributed by atoms with Crippen LogP contribution in [0.3, 0.4) is 0 Å². The van der Waals surface area contributed by atoms with Crippen LogP contribution in [0.1, 0.15) is 31.7 Å². The van der Waals surface area contributed by atoms with Gasteiger partial charge in [-0.15, -0.1) is 0 Å². The lowest BCUT2D eigenvalue weighted by atomic mass is 9.73. The number of hydrogen-bond donors (Lipinski definition) is 1. The fourth-order valence-corrected chi connectivity index (χ4v) is 4.39. The molecule has 0 radical (unpaired) electrons. The number of carbonyl (C=O) groups excluding carboxylic acids is 2. The van der Waals surface area contributed by atoms with Crippen LogP contribution in [-0.2, 0) is 9.59 Å². The van der Waals surface area contributed by atoms with E-state index in [0.717, 1.165) is 11.3 Å². The van der Waals surface area contributed by atoms with Crippen LogP contribution in [0.4, 0.5) is 5.69 Å². The maximum Gasteiger partial charge on any atom is 0.238 e. The molecule has 1 fully saturated rings. The van der Waals surface area contributed by atoms with Crippen molar-refractivity contribution in [2.75, 3.05) is 19.0 Å². The topological polar surface area (TPSA) is 67.9 Å². The average Bonchev–Trinajstić information content (AvgIpc) is 2.68. The first-order chi connectivity index (χ1) is 13.5. The molecule has 6 nitrogen and oxygen atoms in total. The molecule has 1 N–H and O–H groups in total. The number of benzene rings is 2. The van der Waals surface area contributed by atoms with Gasteiger partial charge < -0.3 is 19.7 Å². The minimum absolute atomic E-state index is 0.193. The summed E-state index contributed by atoms with van der Waals surface area (Å²) in [6, 6.07) is 14.8. The lowest BCUT2D eigenvalue weighted by Crippen LogP contribution is -2.64. The monoisotopic (exact) mass is 380 g/mol. The number of amides is 2. The van der Waals surface area contributed by atoms with Crippen LogP contribution in [0.25, 0.3) is 0 Å². The number of nitrogens with one attached hydrogen (secondary N) is 1. The Morgan fingerprint density at radius 3 is 2.64 bits per heavy atom. The van der Waals surface area contributed by atoms with E-state index in [9.17, 15) is 9.59 Å². The zero-order valence-electron chi connectivity index (χ0n) is 16.3. The van der Waals surface area contributed by atoms with Crippen LogP contribution in [0, 0.1) is 5.92 Å². The third kappa shape index (κ3) is 2.89. The quantitative estimate of drug-likeness (QED) is 0.826. The summed E-state index contributed by atoms with van der Waals surface area (Å²) in [4.78, 5) is 28.1. The number of para-hydroxylation sites is 1. The van der Waals surface area contributed by atoms with Crippen molar-refractivity contribution >= 4 is 17.5 Å². The van der Waals surface area contributed by atoms with Crippen molar-refractivity contribution in [3.05, 3.63) is 54.1 Å². The summed E-state index contributed by atoms with van der Waals surface area (Å²) in [5.74, 6) is -0.0460. The third-order valence-corrected chi connectivity index (χ3v) is 5.71. The predicted molar refractivity (Wildman–Crippen MR) is 105 cm³/mol. The summed E-state index contributed by atoms with van der Waals surface area (Å²) in [5.41, 5.74) is 0.816. The van der Waals surface area contributed by atoms with Gasteiger partial charge in [-0.2, -0.15) is 0 Å². The SMILES string of the molecule is CCN1C(=O)[C@@H](C(=O)Nc2ccc(OC)cc2)[C@H]2C[C@@]1(C)Oc1ccccc12. The van der Waals surface area contributed by atoms with E-state index < -0.39 is 11.6 Å². The Morgan fingerprint density at radius 1 is 1.25 bits per heavy atom. The van der Waals surface area contributed by atoms with Crippen molar-refractivity contribution in [2.45, 2.75) is 31.9 Å². The zero-order valence-corrected chi connectivity index (χ0v) is 16.3. The molecule has 146 valence electrons. The van der Waals surface area contributed by atoms with Gasteiger partial charge in [-0.3, -0.25) is 9.59 Å². The van der Waals surface area contributed by atoms with Gasteiger partial charge in [0, 0.05) is 24.6 Å². The van der Waals surface area contributed by atoms with E-state index in [2.05, 4.69) is 5.32 Å². The van der Waals surface area contributed by atoms with Gasteiger partial charge in [-0.1, -0.05) is 18.2 Å². The summed E-state index contributed by atoms with van der Waals surface area (Å²) in [5, 5.41) is 2.90. The van der Waals surface area contributed by atoms with Gasteiger partial charge in [0.25, 0.3) is 0 Å². The molecule has 2 bridgehead atoms.